The van der Waals surface area contributed by atoms with E-state index in [0.717, 1.165) is 31.3 Å². The van der Waals surface area contributed by atoms with Crippen LogP contribution in [0.15, 0.2) is 0 Å². The summed E-state index contributed by atoms with van der Waals surface area (Å²) in [6, 6.07) is 0. The summed E-state index contributed by atoms with van der Waals surface area (Å²) in [5.74, 6) is 4.13. The zero-order chi connectivity index (χ0) is 8.55. The molecule has 0 spiro atoms. The minimum Gasteiger partial charge on any atom is -0.383 e. The fraction of sp³-hybridized carbons (Fsp3) is 0.571. The molecule has 1 aromatic heterocycles. The van der Waals surface area contributed by atoms with Gasteiger partial charge in [0.2, 0.25) is 0 Å². The van der Waals surface area contributed by atoms with Gasteiger partial charge in [0.05, 0.1) is 6.54 Å². The highest BCUT2D eigenvalue weighted by molar-refractivity contribution is 6.52. The van der Waals surface area contributed by atoms with E-state index in [1.807, 2.05) is 0 Å². The molecule has 5 heteroatoms. The van der Waals surface area contributed by atoms with E-state index in [4.69, 9.17) is 5.73 Å². The van der Waals surface area contributed by atoms with Crippen LogP contribution in [0.25, 0.3) is 0 Å². The minimum absolute atomic E-state index is 0.184. The third kappa shape index (κ3) is 1.14. The van der Waals surface area contributed by atoms with Crippen LogP contribution in [0, 0.1) is 0 Å². The Bertz CT molecular complexity index is 294. The molecule has 0 bridgehead atoms. The van der Waals surface area contributed by atoms with Gasteiger partial charge >= 0.3 is 15.2 Å². The van der Waals surface area contributed by atoms with Crippen molar-refractivity contribution in [1.82, 2.24) is 14.9 Å². The van der Waals surface area contributed by atoms with E-state index in [-0.39, 0.29) is 15.2 Å². The fourth-order valence-electron chi connectivity index (χ4n) is 1.72. The molecule has 3 N–H and O–H groups in total. The maximum Gasteiger partial charge on any atom is 0.313 e. The number of fused-ring (bicyclic) bond motifs is 1. The predicted octanol–water partition coefficient (Wildman–Crippen LogP) is -1.32. The van der Waals surface area contributed by atoms with Crippen LogP contribution in [0.1, 0.15) is 5.82 Å². The summed E-state index contributed by atoms with van der Waals surface area (Å²) < 4.78 is 3.62. The smallest absolute Gasteiger partial charge is 0.313 e. The average molecular weight is 180 g/mol. The lowest BCUT2D eigenvalue weighted by Crippen LogP contribution is -2.35. The van der Waals surface area contributed by atoms with Crippen LogP contribution >= 0.6 is 0 Å². The van der Waals surface area contributed by atoms with Crippen molar-refractivity contribution in [3.05, 3.63) is 5.82 Å². The second-order valence-corrected chi connectivity index (χ2v) is 4.42. The molecular formula is C7H13AlN4. The van der Waals surface area contributed by atoms with Gasteiger partial charge in [-0.25, -0.2) is 4.98 Å². The van der Waals surface area contributed by atoms with Crippen LogP contribution < -0.4 is 15.6 Å². The topological polar surface area (TPSA) is 55.9 Å². The standard InChI is InChI=1S/C6H9N4.CH3.Al.H/c7-5-4-10-2-1-8-3-6(10)9-5;;;/h8H,1-3,7H2;1H3;;. The molecule has 0 aliphatic carbocycles. The third-order valence-electron chi connectivity index (χ3n) is 2.31. The maximum atomic E-state index is 5.81. The van der Waals surface area contributed by atoms with Gasteiger partial charge in [-0.15, -0.1) is 5.79 Å². The molecule has 0 atom stereocenters. The van der Waals surface area contributed by atoms with Crippen molar-refractivity contribution < 1.29 is 0 Å². The average Bonchev–Trinajstić information content (AvgIpc) is 2.40. The molecule has 2 heterocycles. The van der Waals surface area contributed by atoms with Crippen LogP contribution in [0.2, 0.25) is 5.79 Å². The Morgan fingerprint density at radius 1 is 1.67 bits per heavy atom. The summed E-state index contributed by atoms with van der Waals surface area (Å²) in [6.45, 7) is 2.96. The molecule has 0 aromatic carbocycles. The molecule has 0 unspecified atom stereocenters. The molecule has 0 saturated heterocycles. The Balaban J connectivity index is 2.46. The SMILES string of the molecule is [CH3][AlH][c]1c(N)nc2n1CCNC2. The molecule has 1 aromatic rings. The van der Waals surface area contributed by atoms with E-state index in [9.17, 15) is 0 Å². The van der Waals surface area contributed by atoms with Gasteiger partial charge in [0.25, 0.3) is 0 Å². The summed E-state index contributed by atoms with van der Waals surface area (Å²) in [5, 5.41) is 3.28. The van der Waals surface area contributed by atoms with Crippen LogP contribution in [0.3, 0.4) is 0 Å². The zero-order valence-corrected chi connectivity index (χ0v) is 8.71. The van der Waals surface area contributed by atoms with Gasteiger partial charge in [0.15, 0.2) is 0 Å². The summed E-state index contributed by atoms with van der Waals surface area (Å²) in [6.07, 6.45) is 0. The van der Waals surface area contributed by atoms with E-state index in [2.05, 4.69) is 20.7 Å². The monoisotopic (exact) mass is 180 g/mol. The van der Waals surface area contributed by atoms with Crippen LogP contribution in [-0.2, 0) is 13.1 Å². The van der Waals surface area contributed by atoms with Gasteiger partial charge in [0, 0.05) is 13.1 Å². The number of rotatable bonds is 1. The summed E-state index contributed by atoms with van der Waals surface area (Å²) in [4.78, 5) is 4.33. The number of hydrogen-bond donors (Lipinski definition) is 2. The van der Waals surface area contributed by atoms with Crippen LogP contribution in [-0.4, -0.2) is 31.3 Å². The lowest BCUT2D eigenvalue weighted by molar-refractivity contribution is 0.512. The Kier molecular flexibility index (Phi) is 2.09. The molecule has 12 heavy (non-hydrogen) atoms. The van der Waals surface area contributed by atoms with Gasteiger partial charge in [-0.1, -0.05) is 0 Å². The second kappa shape index (κ2) is 3.10. The number of aromatic nitrogens is 2. The van der Waals surface area contributed by atoms with Crippen molar-refractivity contribution in [3.8, 4) is 0 Å². The molecule has 0 saturated carbocycles. The molecule has 1 aliphatic heterocycles. The first-order valence-electron chi connectivity index (χ1n) is 4.37. The number of anilines is 1. The predicted molar refractivity (Wildman–Crippen MR) is 51.0 cm³/mol. The fourth-order valence-corrected chi connectivity index (χ4v) is 2.88. The largest absolute Gasteiger partial charge is 0.383 e. The Hall–Kier alpha value is -0.498. The molecule has 4 nitrogen and oxygen atoms in total. The number of imidazole rings is 1. The lowest BCUT2D eigenvalue weighted by Gasteiger charge is -2.16. The first-order valence-corrected chi connectivity index (χ1v) is 6.49. The molecule has 2 rings (SSSR count). The number of hydrogen-bond acceptors (Lipinski definition) is 3. The highest BCUT2D eigenvalue weighted by Gasteiger charge is 2.15. The zero-order valence-electron chi connectivity index (χ0n) is 7.30. The Morgan fingerprint density at radius 2 is 2.50 bits per heavy atom. The van der Waals surface area contributed by atoms with E-state index in [1.165, 1.54) is 4.56 Å². The Labute approximate surface area is 77.9 Å². The summed E-state index contributed by atoms with van der Waals surface area (Å²) in [7, 11) is 0. The first kappa shape index (κ1) is 8.12. The number of nitrogens with one attached hydrogen (secondary N) is 1. The first-order chi connectivity index (χ1) is 5.83. The second-order valence-electron chi connectivity index (χ2n) is 3.04. The van der Waals surface area contributed by atoms with Gasteiger partial charge in [-0.05, 0) is 4.56 Å². The lowest BCUT2D eigenvalue weighted by atomic mass is 10.4. The number of nitrogens with two attached hydrogens (primary N) is 1. The van der Waals surface area contributed by atoms with Crippen molar-refractivity contribution >= 4 is 25.6 Å². The third-order valence-corrected chi connectivity index (χ3v) is 3.73. The van der Waals surface area contributed by atoms with Gasteiger partial charge < -0.3 is 15.6 Å². The van der Waals surface area contributed by atoms with Crippen molar-refractivity contribution in [2.24, 2.45) is 0 Å². The highest BCUT2D eigenvalue weighted by atomic mass is 27.1. The van der Waals surface area contributed by atoms with Crippen molar-refractivity contribution in [1.29, 1.82) is 0 Å². The van der Waals surface area contributed by atoms with Crippen molar-refractivity contribution in [3.63, 3.8) is 0 Å². The van der Waals surface area contributed by atoms with E-state index < -0.39 is 0 Å². The van der Waals surface area contributed by atoms with Crippen molar-refractivity contribution in [2.75, 3.05) is 12.3 Å². The molecule has 64 valence electrons. The molecule has 0 amide bonds. The molecular weight excluding hydrogens is 167 g/mol. The van der Waals surface area contributed by atoms with E-state index >= 15 is 0 Å². The van der Waals surface area contributed by atoms with Gasteiger partial charge in [-0.2, -0.15) is 0 Å². The Morgan fingerprint density at radius 3 is 3.25 bits per heavy atom. The summed E-state index contributed by atoms with van der Waals surface area (Å²) >= 11 is -0.184. The summed E-state index contributed by atoms with van der Waals surface area (Å²) in [5.41, 5.74) is 5.81. The number of nitrogens with zero attached hydrogens (tertiary/aromatic N) is 2. The van der Waals surface area contributed by atoms with E-state index in [1.54, 1.807) is 0 Å². The highest BCUT2D eigenvalue weighted by Crippen LogP contribution is 2.04. The normalized spacial score (nSPS) is 15.8. The van der Waals surface area contributed by atoms with E-state index in [0.29, 0.717) is 0 Å². The van der Waals surface area contributed by atoms with Crippen LogP contribution in [0.5, 0.6) is 0 Å². The minimum atomic E-state index is -0.184. The van der Waals surface area contributed by atoms with Crippen LogP contribution in [0.4, 0.5) is 5.82 Å². The van der Waals surface area contributed by atoms with Gasteiger partial charge in [0.1, 0.15) is 11.6 Å². The van der Waals surface area contributed by atoms with Gasteiger partial charge in [-0.3, -0.25) is 0 Å². The molecule has 0 radical (unpaired) electrons. The molecule has 0 fully saturated rings. The number of nitrogen functional groups attached to an aromatic ring is 1. The molecule has 1 aliphatic rings. The van der Waals surface area contributed by atoms with Crippen molar-refractivity contribution in [2.45, 2.75) is 18.9 Å². The quantitative estimate of drug-likeness (QED) is 0.527. The maximum absolute atomic E-state index is 5.81.